The topological polar surface area (TPSA) is 56.5 Å². The number of nitrogens with zero attached hydrogens (tertiary/aromatic N) is 3. The molecule has 0 N–H and O–H groups in total. The van der Waals surface area contributed by atoms with Gasteiger partial charge in [0.25, 0.3) is 5.56 Å². The summed E-state index contributed by atoms with van der Waals surface area (Å²) in [6, 6.07) is 16.7. The minimum atomic E-state index is -0.394. The van der Waals surface area contributed by atoms with Gasteiger partial charge in [0.05, 0.1) is 22.1 Å². The van der Waals surface area contributed by atoms with Crippen LogP contribution in [0.2, 0.25) is 5.02 Å². The summed E-state index contributed by atoms with van der Waals surface area (Å²) in [6.45, 7) is 6.36. The lowest BCUT2D eigenvalue weighted by Crippen LogP contribution is -2.29. The lowest BCUT2D eigenvalue weighted by atomic mass is 9.95. The molecule has 0 amide bonds. The molecule has 4 aromatic rings. The Labute approximate surface area is 233 Å². The second kappa shape index (κ2) is 10.5. The van der Waals surface area contributed by atoms with Gasteiger partial charge in [0.1, 0.15) is 18.2 Å². The third-order valence-corrected chi connectivity index (χ3v) is 7.18. The van der Waals surface area contributed by atoms with Gasteiger partial charge in [-0.2, -0.15) is 9.78 Å². The summed E-state index contributed by atoms with van der Waals surface area (Å²) in [7, 11) is 0. The third-order valence-electron chi connectivity index (χ3n) is 5.16. The van der Waals surface area contributed by atoms with E-state index in [0.717, 1.165) is 24.5 Å². The molecular weight excluding hydrogens is 661 g/mol. The SMILES string of the molecule is CC(C)(C)c1nc2ccc(Br)cc2c(=O)n1N=Cc1ccc(OCc2ccc(Br)cc2Br)c(Cl)c1. The number of ether oxygens (including phenoxy) is 1. The van der Waals surface area contributed by atoms with Gasteiger partial charge in [0.15, 0.2) is 0 Å². The standard InChI is InChI=1S/C26H21Br3ClN3O2/c1-26(2,3)25-32-22-8-7-17(27)11-19(22)24(34)33(25)31-13-15-4-9-23(21(30)10-15)35-14-16-5-6-18(28)12-20(16)29/h4-13H,14H2,1-3H3. The van der Waals surface area contributed by atoms with E-state index in [0.29, 0.717) is 34.1 Å². The van der Waals surface area contributed by atoms with Gasteiger partial charge in [-0.1, -0.05) is 86.2 Å². The molecule has 5 nitrogen and oxygen atoms in total. The Kier molecular flexibility index (Phi) is 7.86. The summed E-state index contributed by atoms with van der Waals surface area (Å²) in [5.74, 6) is 1.13. The van der Waals surface area contributed by atoms with Crippen molar-refractivity contribution in [2.24, 2.45) is 5.10 Å². The van der Waals surface area contributed by atoms with Crippen LogP contribution in [0.15, 0.2) is 77.9 Å². The fraction of sp³-hybridized carbons (Fsp3) is 0.192. The molecule has 0 radical (unpaired) electrons. The average molecular weight is 683 g/mol. The lowest BCUT2D eigenvalue weighted by molar-refractivity contribution is 0.305. The van der Waals surface area contributed by atoms with Gasteiger partial charge >= 0.3 is 0 Å². The van der Waals surface area contributed by atoms with Gasteiger partial charge in [-0.25, -0.2) is 4.98 Å². The number of rotatable bonds is 5. The molecule has 9 heteroatoms. The molecular formula is C26H21Br3ClN3O2. The van der Waals surface area contributed by atoms with Gasteiger partial charge in [0, 0.05) is 24.4 Å². The van der Waals surface area contributed by atoms with Crippen LogP contribution in [0.3, 0.4) is 0 Å². The molecule has 35 heavy (non-hydrogen) atoms. The van der Waals surface area contributed by atoms with Crippen LogP contribution in [-0.4, -0.2) is 15.9 Å². The van der Waals surface area contributed by atoms with Gasteiger partial charge in [-0.05, 0) is 54.1 Å². The molecule has 0 atom stereocenters. The van der Waals surface area contributed by atoms with E-state index < -0.39 is 5.41 Å². The summed E-state index contributed by atoms with van der Waals surface area (Å²) < 4.78 is 10.0. The zero-order chi connectivity index (χ0) is 25.3. The van der Waals surface area contributed by atoms with Gasteiger partial charge in [-0.3, -0.25) is 4.79 Å². The Morgan fingerprint density at radius 2 is 1.74 bits per heavy atom. The minimum absolute atomic E-state index is 0.233. The Hall–Kier alpha value is -2.00. The zero-order valence-electron chi connectivity index (χ0n) is 19.2. The Morgan fingerprint density at radius 3 is 2.43 bits per heavy atom. The summed E-state index contributed by atoms with van der Waals surface area (Å²) in [5, 5.41) is 5.44. The molecule has 0 aliphatic heterocycles. The van der Waals surface area contributed by atoms with Crippen LogP contribution in [0.25, 0.3) is 10.9 Å². The van der Waals surface area contributed by atoms with Crippen molar-refractivity contribution in [3.05, 3.63) is 100 Å². The molecule has 0 bridgehead atoms. The number of hydrogen-bond donors (Lipinski definition) is 0. The summed E-state index contributed by atoms with van der Waals surface area (Å²) in [5.41, 5.74) is 1.74. The molecule has 4 rings (SSSR count). The van der Waals surface area contributed by atoms with E-state index in [9.17, 15) is 4.79 Å². The zero-order valence-corrected chi connectivity index (χ0v) is 24.7. The first-order valence-corrected chi connectivity index (χ1v) is 13.4. The number of fused-ring (bicyclic) bond motifs is 1. The van der Waals surface area contributed by atoms with E-state index >= 15 is 0 Å². The highest BCUT2D eigenvalue weighted by atomic mass is 79.9. The van der Waals surface area contributed by atoms with Crippen LogP contribution in [0.5, 0.6) is 5.75 Å². The highest BCUT2D eigenvalue weighted by Crippen LogP contribution is 2.28. The summed E-state index contributed by atoms with van der Waals surface area (Å²) in [4.78, 5) is 18.0. The number of aromatic nitrogens is 2. The minimum Gasteiger partial charge on any atom is -0.487 e. The second-order valence-electron chi connectivity index (χ2n) is 8.92. The molecule has 0 fully saturated rings. The predicted molar refractivity (Wildman–Crippen MR) is 153 cm³/mol. The maximum absolute atomic E-state index is 13.3. The normalized spacial score (nSPS) is 12.0. The summed E-state index contributed by atoms with van der Waals surface area (Å²) in [6.07, 6.45) is 1.60. The van der Waals surface area contributed by atoms with Crippen molar-refractivity contribution in [3.63, 3.8) is 0 Å². The highest BCUT2D eigenvalue weighted by molar-refractivity contribution is 9.11. The quantitative estimate of drug-likeness (QED) is 0.200. The molecule has 0 aliphatic rings. The molecule has 3 aromatic carbocycles. The average Bonchev–Trinajstić information content (AvgIpc) is 2.78. The van der Waals surface area contributed by atoms with E-state index in [1.165, 1.54) is 4.68 Å². The summed E-state index contributed by atoms with van der Waals surface area (Å²) >= 11 is 16.9. The molecule has 1 heterocycles. The van der Waals surface area contributed by atoms with Crippen LogP contribution in [0.1, 0.15) is 37.7 Å². The molecule has 180 valence electrons. The van der Waals surface area contributed by atoms with Crippen LogP contribution in [0, 0.1) is 0 Å². The van der Waals surface area contributed by atoms with Crippen LogP contribution < -0.4 is 10.3 Å². The van der Waals surface area contributed by atoms with Crippen molar-refractivity contribution in [3.8, 4) is 5.75 Å². The first-order valence-electron chi connectivity index (χ1n) is 10.7. The Balaban J connectivity index is 1.63. The molecule has 0 spiro atoms. The molecule has 0 unspecified atom stereocenters. The molecule has 1 aromatic heterocycles. The Bertz CT molecular complexity index is 1510. The van der Waals surface area contributed by atoms with Crippen molar-refractivity contribution in [1.29, 1.82) is 0 Å². The number of benzene rings is 3. The van der Waals surface area contributed by atoms with Crippen molar-refractivity contribution in [2.45, 2.75) is 32.8 Å². The van der Waals surface area contributed by atoms with E-state index in [2.05, 4.69) is 52.9 Å². The fourth-order valence-electron chi connectivity index (χ4n) is 3.37. The van der Waals surface area contributed by atoms with E-state index in [-0.39, 0.29) is 5.56 Å². The maximum Gasteiger partial charge on any atom is 0.282 e. The number of hydrogen-bond acceptors (Lipinski definition) is 4. The third kappa shape index (κ3) is 6.05. The van der Waals surface area contributed by atoms with Crippen molar-refractivity contribution < 1.29 is 4.74 Å². The molecule has 0 saturated heterocycles. The van der Waals surface area contributed by atoms with E-state index in [1.807, 2.05) is 57.2 Å². The van der Waals surface area contributed by atoms with Crippen molar-refractivity contribution >= 4 is 76.5 Å². The number of halogens is 4. The monoisotopic (exact) mass is 679 g/mol. The van der Waals surface area contributed by atoms with Crippen LogP contribution >= 0.6 is 59.4 Å². The first-order chi connectivity index (χ1) is 16.5. The lowest BCUT2D eigenvalue weighted by Gasteiger charge is -2.20. The Morgan fingerprint density at radius 1 is 1.03 bits per heavy atom. The second-order valence-corrected chi connectivity index (χ2v) is 12.0. The first kappa shape index (κ1) is 26.1. The van der Waals surface area contributed by atoms with Gasteiger partial charge in [-0.15, -0.1) is 0 Å². The van der Waals surface area contributed by atoms with Gasteiger partial charge < -0.3 is 4.74 Å². The van der Waals surface area contributed by atoms with E-state index in [1.54, 1.807) is 24.4 Å². The maximum atomic E-state index is 13.3. The highest BCUT2D eigenvalue weighted by Gasteiger charge is 2.23. The predicted octanol–water partition coefficient (Wildman–Crippen LogP) is 8.10. The fourth-order valence-corrected chi connectivity index (χ4v) is 5.14. The van der Waals surface area contributed by atoms with Gasteiger partial charge in [0.2, 0.25) is 0 Å². The van der Waals surface area contributed by atoms with Crippen LogP contribution in [0.4, 0.5) is 0 Å². The largest absolute Gasteiger partial charge is 0.487 e. The van der Waals surface area contributed by atoms with Crippen LogP contribution in [-0.2, 0) is 12.0 Å². The van der Waals surface area contributed by atoms with Crippen molar-refractivity contribution in [2.75, 3.05) is 0 Å². The molecule has 0 aliphatic carbocycles. The molecule has 0 saturated carbocycles. The smallest absolute Gasteiger partial charge is 0.282 e. The van der Waals surface area contributed by atoms with E-state index in [4.69, 9.17) is 21.3 Å². The van der Waals surface area contributed by atoms with Crippen molar-refractivity contribution in [1.82, 2.24) is 9.66 Å².